The largest absolute Gasteiger partial charge is 0.493 e. The Kier molecular flexibility index (Phi) is 6.74. The molecular weight excluding hydrogens is 510 g/mol. The molecule has 0 radical (unpaired) electrons. The predicted molar refractivity (Wildman–Crippen MR) is 141 cm³/mol. The van der Waals surface area contributed by atoms with Crippen molar-refractivity contribution in [3.63, 3.8) is 0 Å². The lowest BCUT2D eigenvalue weighted by molar-refractivity contribution is -0.384. The highest BCUT2D eigenvalue weighted by Gasteiger charge is 2.21. The Morgan fingerprint density at radius 1 is 1.17 bits per heavy atom. The number of anilines is 1. The number of nitro groups is 1. The standard InChI is InChI=1S/C23H22ClN5O4S2/c1-33-21-16(24)3-5-18-20(21)26-23(35-18)28-10-8-27(9-11-28)7-6-25-22(30)19-13-14-12-15(29(31)32)2-4-17(14)34-19/h2-5,12-13H,6-11H2,1H3,(H,25,30). The van der Waals surface area contributed by atoms with Crippen LogP contribution in [0.15, 0.2) is 36.4 Å². The molecule has 182 valence electrons. The number of carbonyl (C=O) groups excluding carboxylic acids is 1. The van der Waals surface area contributed by atoms with Crippen LogP contribution in [0, 0.1) is 10.1 Å². The summed E-state index contributed by atoms with van der Waals surface area (Å²) >= 11 is 9.20. The molecule has 0 atom stereocenters. The van der Waals surface area contributed by atoms with Crippen LogP contribution in [0.5, 0.6) is 5.75 Å². The van der Waals surface area contributed by atoms with Gasteiger partial charge in [0, 0.05) is 61.5 Å². The number of hydrogen-bond donors (Lipinski definition) is 1. The molecule has 2 aromatic carbocycles. The number of thiazole rings is 1. The molecule has 35 heavy (non-hydrogen) atoms. The molecule has 1 amide bonds. The fraction of sp³-hybridized carbons (Fsp3) is 0.304. The van der Waals surface area contributed by atoms with Gasteiger partial charge in [-0.2, -0.15) is 0 Å². The van der Waals surface area contributed by atoms with Gasteiger partial charge in [0.25, 0.3) is 11.6 Å². The summed E-state index contributed by atoms with van der Waals surface area (Å²) in [6.45, 7) is 4.72. The molecular formula is C23H22ClN5O4S2. The Labute approximate surface area is 214 Å². The zero-order valence-electron chi connectivity index (χ0n) is 18.8. The second-order valence-corrected chi connectivity index (χ2v) is 10.6. The SMILES string of the molecule is COc1c(Cl)ccc2sc(N3CCN(CCNC(=O)c4cc5cc([N+](=O)[O-])ccc5s4)CC3)nc12. The number of hydrogen-bond acceptors (Lipinski definition) is 9. The molecule has 12 heteroatoms. The van der Waals surface area contributed by atoms with Crippen LogP contribution in [0.25, 0.3) is 20.3 Å². The average Bonchev–Trinajstić information content (AvgIpc) is 3.48. The van der Waals surface area contributed by atoms with Crippen LogP contribution in [0.4, 0.5) is 10.8 Å². The van der Waals surface area contributed by atoms with E-state index >= 15 is 0 Å². The smallest absolute Gasteiger partial charge is 0.270 e. The summed E-state index contributed by atoms with van der Waals surface area (Å²) in [5, 5.41) is 16.2. The molecule has 1 fully saturated rings. The fourth-order valence-electron chi connectivity index (χ4n) is 4.10. The minimum Gasteiger partial charge on any atom is -0.493 e. The molecule has 0 saturated carbocycles. The van der Waals surface area contributed by atoms with Crippen LogP contribution in [0.3, 0.4) is 0 Å². The van der Waals surface area contributed by atoms with Crippen LogP contribution in [-0.2, 0) is 0 Å². The second kappa shape index (κ2) is 9.94. The highest BCUT2D eigenvalue weighted by Crippen LogP contribution is 2.38. The van der Waals surface area contributed by atoms with Crippen LogP contribution >= 0.6 is 34.3 Å². The van der Waals surface area contributed by atoms with Crippen molar-refractivity contribution >= 4 is 71.3 Å². The molecule has 1 saturated heterocycles. The number of nitrogens with one attached hydrogen (secondary N) is 1. The number of nitrogens with zero attached hydrogens (tertiary/aromatic N) is 4. The zero-order chi connectivity index (χ0) is 24.5. The fourth-order valence-corrected chi connectivity index (χ4v) is 6.30. The van der Waals surface area contributed by atoms with Gasteiger partial charge in [0.2, 0.25) is 0 Å². The Hall–Kier alpha value is -2.99. The van der Waals surface area contributed by atoms with Crippen molar-refractivity contribution < 1.29 is 14.5 Å². The first-order valence-corrected chi connectivity index (χ1v) is 13.0. The van der Waals surface area contributed by atoms with Crippen molar-refractivity contribution in [1.82, 2.24) is 15.2 Å². The summed E-state index contributed by atoms with van der Waals surface area (Å²) in [6, 6.07) is 10.2. The Bertz CT molecular complexity index is 1410. The van der Waals surface area contributed by atoms with E-state index in [1.54, 1.807) is 30.6 Å². The molecule has 1 N–H and O–H groups in total. The van der Waals surface area contributed by atoms with Gasteiger partial charge in [0.1, 0.15) is 5.52 Å². The molecule has 2 aromatic heterocycles. The number of carbonyl (C=O) groups is 1. The molecule has 0 unspecified atom stereocenters. The van der Waals surface area contributed by atoms with Crippen LogP contribution in [0.2, 0.25) is 5.02 Å². The van der Waals surface area contributed by atoms with E-state index in [2.05, 4.69) is 15.1 Å². The third-order valence-electron chi connectivity index (χ3n) is 5.95. The topological polar surface area (TPSA) is 101 Å². The van der Waals surface area contributed by atoms with Crippen molar-refractivity contribution in [3.8, 4) is 5.75 Å². The average molecular weight is 532 g/mol. The van der Waals surface area contributed by atoms with Crippen molar-refractivity contribution in [2.24, 2.45) is 0 Å². The highest BCUT2D eigenvalue weighted by molar-refractivity contribution is 7.22. The maximum atomic E-state index is 12.6. The number of halogens is 1. The summed E-state index contributed by atoms with van der Waals surface area (Å²) in [5.41, 5.74) is 0.816. The van der Waals surface area contributed by atoms with Crippen LogP contribution < -0.4 is 15.0 Å². The van der Waals surface area contributed by atoms with Crippen LogP contribution in [-0.4, -0.2) is 67.1 Å². The number of fused-ring (bicyclic) bond motifs is 2. The van der Waals surface area contributed by atoms with Gasteiger partial charge in [-0.15, -0.1) is 11.3 Å². The first-order chi connectivity index (χ1) is 16.9. The van der Waals surface area contributed by atoms with Gasteiger partial charge in [0.15, 0.2) is 10.9 Å². The monoisotopic (exact) mass is 531 g/mol. The van der Waals surface area contributed by atoms with Crippen molar-refractivity contribution in [1.29, 1.82) is 0 Å². The van der Waals surface area contributed by atoms with E-state index in [1.807, 2.05) is 12.1 Å². The quantitative estimate of drug-likeness (QED) is 0.274. The number of non-ortho nitro benzene ring substituents is 1. The Morgan fingerprint density at radius 2 is 1.94 bits per heavy atom. The lowest BCUT2D eigenvalue weighted by atomic mass is 10.2. The van der Waals surface area contributed by atoms with Gasteiger partial charge in [-0.3, -0.25) is 19.8 Å². The lowest BCUT2D eigenvalue weighted by Crippen LogP contribution is -2.48. The van der Waals surface area contributed by atoms with E-state index in [0.717, 1.165) is 52.8 Å². The van der Waals surface area contributed by atoms with E-state index in [4.69, 9.17) is 21.3 Å². The van der Waals surface area contributed by atoms with E-state index < -0.39 is 4.92 Å². The van der Waals surface area contributed by atoms with Gasteiger partial charge >= 0.3 is 0 Å². The van der Waals surface area contributed by atoms with E-state index in [-0.39, 0.29) is 11.6 Å². The maximum Gasteiger partial charge on any atom is 0.270 e. The molecule has 5 rings (SSSR count). The second-order valence-electron chi connectivity index (χ2n) is 8.10. The molecule has 3 heterocycles. The molecule has 1 aliphatic heterocycles. The van der Waals surface area contributed by atoms with Crippen molar-refractivity contribution in [3.05, 3.63) is 56.4 Å². The summed E-state index contributed by atoms with van der Waals surface area (Å²) < 4.78 is 7.33. The normalized spacial score (nSPS) is 14.5. The minimum absolute atomic E-state index is 0.0233. The predicted octanol–water partition coefficient (Wildman–Crippen LogP) is 4.63. The molecule has 4 aromatic rings. The van der Waals surface area contributed by atoms with E-state index in [1.165, 1.54) is 23.5 Å². The van der Waals surface area contributed by atoms with E-state index in [9.17, 15) is 14.9 Å². The summed E-state index contributed by atoms with van der Waals surface area (Å²) in [4.78, 5) is 33.0. The summed E-state index contributed by atoms with van der Waals surface area (Å²) in [6.07, 6.45) is 0. The third-order valence-corrected chi connectivity index (χ3v) is 8.44. The number of nitro benzene ring substituents is 1. The number of benzene rings is 2. The first kappa shape index (κ1) is 23.7. The molecule has 0 aliphatic carbocycles. The molecule has 1 aliphatic rings. The van der Waals surface area contributed by atoms with E-state index in [0.29, 0.717) is 27.6 Å². The van der Waals surface area contributed by atoms with Gasteiger partial charge in [-0.1, -0.05) is 22.9 Å². The van der Waals surface area contributed by atoms with Crippen LogP contribution in [0.1, 0.15) is 9.67 Å². The number of methoxy groups -OCH3 is 1. The number of aromatic nitrogens is 1. The number of ether oxygens (including phenoxy) is 1. The Morgan fingerprint density at radius 3 is 2.69 bits per heavy atom. The van der Waals surface area contributed by atoms with Gasteiger partial charge < -0.3 is 15.0 Å². The lowest BCUT2D eigenvalue weighted by Gasteiger charge is -2.34. The van der Waals surface area contributed by atoms with Crippen molar-refractivity contribution in [2.45, 2.75) is 0 Å². The van der Waals surface area contributed by atoms with Crippen molar-refractivity contribution in [2.75, 3.05) is 51.3 Å². The van der Waals surface area contributed by atoms with Gasteiger partial charge in [-0.05, 0) is 24.3 Å². The summed E-state index contributed by atoms with van der Waals surface area (Å²) in [7, 11) is 1.60. The maximum absolute atomic E-state index is 12.6. The first-order valence-electron chi connectivity index (χ1n) is 11.0. The minimum atomic E-state index is -0.431. The number of piperazine rings is 1. The molecule has 0 spiro atoms. The number of amides is 1. The number of thiophene rings is 1. The zero-order valence-corrected chi connectivity index (χ0v) is 21.2. The summed E-state index contributed by atoms with van der Waals surface area (Å²) in [5.74, 6) is 0.451. The van der Waals surface area contributed by atoms with Gasteiger partial charge in [0.05, 0.1) is 26.6 Å². The molecule has 9 nitrogen and oxygen atoms in total. The van der Waals surface area contributed by atoms with Gasteiger partial charge in [-0.25, -0.2) is 4.98 Å². The third kappa shape index (κ3) is 4.90. The Balaban J connectivity index is 1.13. The highest BCUT2D eigenvalue weighted by atomic mass is 35.5. The molecule has 0 bridgehead atoms. The number of rotatable bonds is 7.